The van der Waals surface area contributed by atoms with Crippen LogP contribution in [-0.4, -0.2) is 26.0 Å². The van der Waals surface area contributed by atoms with E-state index in [0.29, 0.717) is 0 Å². The maximum atomic E-state index is 10.9. The largest absolute Gasteiger partial charge is 0.481 e. The Balaban J connectivity index is 2.01. The van der Waals surface area contributed by atoms with Crippen LogP contribution in [0.1, 0.15) is 66.2 Å². The highest BCUT2D eigenvalue weighted by atomic mass is 28.4. The predicted octanol–water partition coefficient (Wildman–Crippen LogP) is 5.62. The van der Waals surface area contributed by atoms with E-state index in [1.807, 2.05) is 0 Å². The molecule has 0 aliphatic carbocycles. The van der Waals surface area contributed by atoms with E-state index in [1.165, 1.54) is 10.4 Å². The summed E-state index contributed by atoms with van der Waals surface area (Å²) in [6, 6.07) is 21.5. The number of carboxylic acids is 1. The van der Waals surface area contributed by atoms with Crippen molar-refractivity contribution >= 4 is 24.7 Å². The normalized spacial score (nSPS) is 13.2. The molecule has 0 saturated heterocycles. The smallest absolute Gasteiger partial charge is 0.306 e. The molecule has 4 heteroatoms. The zero-order valence-corrected chi connectivity index (χ0v) is 20.1. The molecule has 0 heterocycles. The molecule has 0 spiro atoms. The van der Waals surface area contributed by atoms with Crippen molar-refractivity contribution in [1.82, 2.24) is 0 Å². The molecule has 30 heavy (non-hydrogen) atoms. The minimum Gasteiger partial charge on any atom is -0.481 e. The van der Waals surface area contributed by atoms with Crippen molar-refractivity contribution in [1.29, 1.82) is 0 Å². The van der Waals surface area contributed by atoms with Gasteiger partial charge >= 0.3 is 5.97 Å². The number of hydrogen-bond acceptors (Lipinski definition) is 2. The SMILES string of the molecule is CC(CCCCCCCO[Si](c1ccccc1)(c1ccccc1)C(C)(C)C)C(=O)O. The van der Waals surface area contributed by atoms with Crippen molar-refractivity contribution in [3.63, 3.8) is 0 Å². The zero-order valence-electron chi connectivity index (χ0n) is 19.1. The summed E-state index contributed by atoms with van der Waals surface area (Å²) in [5.74, 6) is -0.919. The van der Waals surface area contributed by atoms with E-state index in [9.17, 15) is 4.79 Å². The van der Waals surface area contributed by atoms with E-state index in [-0.39, 0.29) is 11.0 Å². The van der Waals surface area contributed by atoms with Crippen molar-refractivity contribution in [2.75, 3.05) is 6.61 Å². The summed E-state index contributed by atoms with van der Waals surface area (Å²) in [7, 11) is -2.42. The lowest BCUT2D eigenvalue weighted by Gasteiger charge is -2.43. The zero-order chi connectivity index (χ0) is 22.0. The summed E-state index contributed by atoms with van der Waals surface area (Å²) in [6.07, 6.45) is 6.16. The second-order valence-electron chi connectivity index (χ2n) is 9.31. The molecule has 1 unspecified atom stereocenters. The van der Waals surface area contributed by atoms with Crippen LogP contribution >= 0.6 is 0 Å². The van der Waals surface area contributed by atoms with Gasteiger partial charge in [0, 0.05) is 6.61 Å². The molecular formula is C26H38O3Si. The molecule has 0 aliphatic rings. The second-order valence-corrected chi connectivity index (χ2v) is 13.6. The lowest BCUT2D eigenvalue weighted by Crippen LogP contribution is -2.66. The van der Waals surface area contributed by atoms with Gasteiger partial charge in [0.15, 0.2) is 0 Å². The summed E-state index contributed by atoms with van der Waals surface area (Å²) >= 11 is 0. The first kappa shape index (κ1) is 24.4. The Morgan fingerprint density at radius 2 is 1.33 bits per heavy atom. The maximum Gasteiger partial charge on any atom is 0.306 e. The molecule has 164 valence electrons. The van der Waals surface area contributed by atoms with Gasteiger partial charge in [-0.1, -0.05) is 114 Å². The number of carbonyl (C=O) groups is 1. The fourth-order valence-corrected chi connectivity index (χ4v) is 8.80. The summed E-state index contributed by atoms with van der Waals surface area (Å²) < 4.78 is 6.90. The average molecular weight is 427 g/mol. The maximum absolute atomic E-state index is 10.9. The molecule has 1 atom stereocenters. The van der Waals surface area contributed by atoms with Crippen LogP contribution in [0.4, 0.5) is 0 Å². The number of benzene rings is 2. The molecule has 0 aromatic heterocycles. The Bertz CT molecular complexity index is 713. The van der Waals surface area contributed by atoms with Gasteiger partial charge < -0.3 is 9.53 Å². The Kier molecular flexibility index (Phi) is 9.31. The Hall–Kier alpha value is -1.91. The molecule has 0 amide bonds. The molecule has 0 saturated carbocycles. The van der Waals surface area contributed by atoms with Gasteiger partial charge in [0.1, 0.15) is 0 Å². The van der Waals surface area contributed by atoms with Crippen molar-refractivity contribution in [3.05, 3.63) is 60.7 Å². The fourth-order valence-electron chi connectivity index (χ4n) is 4.19. The molecule has 3 nitrogen and oxygen atoms in total. The highest BCUT2D eigenvalue weighted by Crippen LogP contribution is 2.36. The Morgan fingerprint density at radius 3 is 1.80 bits per heavy atom. The first-order valence-electron chi connectivity index (χ1n) is 11.3. The van der Waals surface area contributed by atoms with Crippen LogP contribution in [-0.2, 0) is 9.22 Å². The standard InChI is InChI=1S/C26H38O3Si/c1-22(25(27)28)16-10-6-5-7-15-21-29-30(26(2,3)4,23-17-11-8-12-18-23)24-19-13-9-14-20-24/h8-9,11-14,17-20,22H,5-7,10,15-16,21H2,1-4H3,(H,27,28). The molecule has 2 aromatic carbocycles. The van der Waals surface area contributed by atoms with E-state index < -0.39 is 14.3 Å². The number of unbranched alkanes of at least 4 members (excludes halogenated alkanes) is 4. The van der Waals surface area contributed by atoms with Gasteiger partial charge in [0.2, 0.25) is 0 Å². The van der Waals surface area contributed by atoms with E-state index in [1.54, 1.807) is 6.92 Å². The lowest BCUT2D eigenvalue weighted by atomic mass is 10.0. The van der Waals surface area contributed by atoms with Crippen molar-refractivity contribution < 1.29 is 14.3 Å². The summed E-state index contributed by atoms with van der Waals surface area (Å²) in [6.45, 7) is 9.48. The van der Waals surface area contributed by atoms with Crippen LogP contribution in [0.3, 0.4) is 0 Å². The monoisotopic (exact) mass is 426 g/mol. The van der Waals surface area contributed by atoms with Gasteiger partial charge in [-0.25, -0.2) is 0 Å². The highest BCUT2D eigenvalue weighted by Gasteiger charge is 2.49. The van der Waals surface area contributed by atoms with Crippen molar-refractivity contribution in [2.24, 2.45) is 5.92 Å². The topological polar surface area (TPSA) is 46.5 Å². The molecular weight excluding hydrogens is 388 g/mol. The van der Waals surface area contributed by atoms with Gasteiger partial charge in [-0.2, -0.15) is 0 Å². The molecule has 0 aliphatic heterocycles. The van der Waals surface area contributed by atoms with Gasteiger partial charge in [-0.15, -0.1) is 0 Å². The van der Waals surface area contributed by atoms with Crippen LogP contribution in [0, 0.1) is 5.92 Å². The Morgan fingerprint density at radius 1 is 0.867 bits per heavy atom. The third-order valence-corrected chi connectivity index (χ3v) is 11.0. The van der Waals surface area contributed by atoms with Crippen LogP contribution < -0.4 is 10.4 Å². The van der Waals surface area contributed by atoms with Crippen LogP contribution in [0.5, 0.6) is 0 Å². The molecule has 2 rings (SSSR count). The van der Waals surface area contributed by atoms with E-state index in [0.717, 1.165) is 45.1 Å². The number of rotatable bonds is 12. The van der Waals surface area contributed by atoms with Crippen molar-refractivity contribution in [3.8, 4) is 0 Å². The van der Waals surface area contributed by atoms with Gasteiger partial charge in [0.05, 0.1) is 5.92 Å². The number of hydrogen-bond donors (Lipinski definition) is 1. The lowest BCUT2D eigenvalue weighted by molar-refractivity contribution is -0.141. The first-order chi connectivity index (χ1) is 14.3. The number of carboxylic acid groups (broad SMARTS) is 1. The molecule has 0 bridgehead atoms. The number of aliphatic carboxylic acids is 1. The molecule has 1 N–H and O–H groups in total. The third kappa shape index (κ3) is 6.29. The fraction of sp³-hybridized carbons (Fsp3) is 0.500. The highest BCUT2D eigenvalue weighted by molar-refractivity contribution is 6.99. The van der Waals surface area contributed by atoms with Gasteiger partial charge in [0.25, 0.3) is 8.32 Å². The Labute approximate surface area is 183 Å². The second kappa shape index (κ2) is 11.5. The van der Waals surface area contributed by atoms with Crippen LogP contribution in [0.15, 0.2) is 60.7 Å². The molecule has 2 aromatic rings. The summed E-state index contributed by atoms with van der Waals surface area (Å²) in [5.41, 5.74) is 0. The van der Waals surface area contributed by atoms with Crippen LogP contribution in [0.25, 0.3) is 0 Å². The first-order valence-corrected chi connectivity index (χ1v) is 13.2. The third-order valence-electron chi connectivity index (χ3n) is 5.94. The molecule has 0 radical (unpaired) electrons. The summed E-state index contributed by atoms with van der Waals surface area (Å²) in [5, 5.41) is 11.6. The van der Waals surface area contributed by atoms with Gasteiger partial charge in [-0.05, 0) is 28.3 Å². The van der Waals surface area contributed by atoms with Crippen molar-refractivity contribution in [2.45, 2.75) is 71.3 Å². The van der Waals surface area contributed by atoms with E-state index in [2.05, 4.69) is 81.4 Å². The minimum atomic E-state index is -2.42. The van der Waals surface area contributed by atoms with E-state index >= 15 is 0 Å². The van der Waals surface area contributed by atoms with Crippen LogP contribution in [0.2, 0.25) is 5.04 Å². The van der Waals surface area contributed by atoms with Gasteiger partial charge in [-0.3, -0.25) is 4.79 Å². The average Bonchev–Trinajstić information content (AvgIpc) is 2.73. The quantitative estimate of drug-likeness (QED) is 0.354. The predicted molar refractivity (Wildman–Crippen MR) is 128 cm³/mol. The van der Waals surface area contributed by atoms with E-state index in [4.69, 9.17) is 9.53 Å². The minimum absolute atomic E-state index is 0.0165. The molecule has 0 fully saturated rings. The summed E-state index contributed by atoms with van der Waals surface area (Å²) in [4.78, 5) is 10.9.